The van der Waals surface area contributed by atoms with Gasteiger partial charge in [-0.2, -0.15) is 0 Å². The number of carbonyl (C=O) groups is 2. The van der Waals surface area contributed by atoms with E-state index in [2.05, 4.69) is 10.3 Å². The van der Waals surface area contributed by atoms with Gasteiger partial charge in [-0.05, 0) is 44.9 Å². The largest absolute Gasteiger partial charge is 0.444 e. The lowest BCUT2D eigenvalue weighted by Gasteiger charge is -2.23. The molecule has 0 aliphatic heterocycles. The quantitative estimate of drug-likeness (QED) is 0.790. The number of benzene rings is 1. The molecule has 2 amide bonds. The highest BCUT2D eigenvalue weighted by atomic mass is 35.5. The number of halogens is 1. The average molecular weight is 354 g/mol. The maximum Gasteiger partial charge on any atom is 0.408 e. The van der Waals surface area contributed by atoms with Gasteiger partial charge in [-0.3, -0.25) is 9.79 Å². The molecular formula is C17H24ClN3O3. The van der Waals surface area contributed by atoms with Crippen molar-refractivity contribution in [2.24, 2.45) is 16.6 Å². The molecule has 0 saturated carbocycles. The number of rotatable bonds is 5. The normalized spacial score (nSPS) is 13.1. The fraction of sp³-hybridized carbons (Fsp3) is 0.471. The molecule has 132 valence electrons. The fourth-order valence-corrected chi connectivity index (χ4v) is 1.97. The summed E-state index contributed by atoms with van der Waals surface area (Å²) >= 11 is 5.94. The summed E-state index contributed by atoms with van der Waals surface area (Å²) in [7, 11) is 0. The van der Waals surface area contributed by atoms with Crippen LogP contribution in [0, 0.1) is 5.92 Å². The standard InChI is InChI=1S/C17H24ClN3O3/c1-10(2)14(21-16(23)24-17(3,4)5)9-20-13-8-11(18)6-7-12(13)15(19)22/h6-10,14H,1-5H3,(H2,19,22)(H,21,23)/b20-9+/t14-/m1/s1. The first-order chi connectivity index (χ1) is 11.0. The van der Waals surface area contributed by atoms with Crippen LogP contribution in [-0.2, 0) is 4.74 Å². The number of alkyl carbamates (subject to hydrolysis) is 1. The topological polar surface area (TPSA) is 93.8 Å². The van der Waals surface area contributed by atoms with Crippen LogP contribution in [-0.4, -0.2) is 29.9 Å². The minimum atomic E-state index is -0.597. The first kappa shape index (κ1) is 20.0. The molecular weight excluding hydrogens is 330 g/mol. The van der Waals surface area contributed by atoms with Crippen LogP contribution in [0.1, 0.15) is 45.0 Å². The molecule has 0 aliphatic rings. The van der Waals surface area contributed by atoms with Crippen LogP contribution < -0.4 is 11.1 Å². The third-order valence-electron chi connectivity index (χ3n) is 3.00. The van der Waals surface area contributed by atoms with Crippen molar-refractivity contribution in [3.63, 3.8) is 0 Å². The smallest absolute Gasteiger partial charge is 0.408 e. The van der Waals surface area contributed by atoms with Gasteiger partial charge in [-0.1, -0.05) is 25.4 Å². The zero-order valence-electron chi connectivity index (χ0n) is 14.6. The van der Waals surface area contributed by atoms with Crippen molar-refractivity contribution in [3.8, 4) is 0 Å². The maximum atomic E-state index is 11.9. The van der Waals surface area contributed by atoms with Crippen molar-refractivity contribution in [1.82, 2.24) is 5.32 Å². The number of nitrogens with two attached hydrogens (primary N) is 1. The molecule has 1 atom stereocenters. The Morgan fingerprint density at radius 2 is 1.96 bits per heavy atom. The maximum absolute atomic E-state index is 11.9. The van der Waals surface area contributed by atoms with Gasteiger partial charge in [-0.25, -0.2) is 4.79 Å². The Morgan fingerprint density at radius 3 is 2.46 bits per heavy atom. The molecule has 0 unspecified atom stereocenters. The number of hydrogen-bond donors (Lipinski definition) is 2. The lowest BCUT2D eigenvalue weighted by Crippen LogP contribution is -2.42. The van der Waals surface area contributed by atoms with E-state index in [1.807, 2.05) is 13.8 Å². The van der Waals surface area contributed by atoms with E-state index in [4.69, 9.17) is 22.1 Å². The zero-order chi connectivity index (χ0) is 18.5. The van der Waals surface area contributed by atoms with Gasteiger partial charge in [0.05, 0.1) is 17.3 Å². The number of nitrogens with zero attached hydrogens (tertiary/aromatic N) is 1. The van der Waals surface area contributed by atoms with Gasteiger partial charge in [-0.15, -0.1) is 0 Å². The summed E-state index contributed by atoms with van der Waals surface area (Å²) < 4.78 is 5.24. The molecule has 1 rings (SSSR count). The average Bonchev–Trinajstić information content (AvgIpc) is 2.40. The Hall–Kier alpha value is -2.08. The van der Waals surface area contributed by atoms with Crippen molar-refractivity contribution < 1.29 is 14.3 Å². The van der Waals surface area contributed by atoms with Crippen LogP contribution in [0.3, 0.4) is 0 Å². The molecule has 1 aromatic carbocycles. The Balaban J connectivity index is 2.97. The van der Waals surface area contributed by atoms with E-state index in [9.17, 15) is 9.59 Å². The molecule has 3 N–H and O–H groups in total. The number of amides is 2. The number of hydrogen-bond acceptors (Lipinski definition) is 4. The van der Waals surface area contributed by atoms with Crippen LogP contribution in [0.25, 0.3) is 0 Å². The molecule has 7 heteroatoms. The van der Waals surface area contributed by atoms with E-state index in [0.29, 0.717) is 10.7 Å². The first-order valence-corrected chi connectivity index (χ1v) is 8.00. The SMILES string of the molecule is CC(C)[C@@H](/C=N/c1cc(Cl)ccc1C(N)=O)NC(=O)OC(C)(C)C. The summed E-state index contributed by atoms with van der Waals surface area (Å²) in [5.41, 5.74) is 5.36. The monoisotopic (exact) mass is 353 g/mol. The number of ether oxygens (including phenoxy) is 1. The van der Waals surface area contributed by atoms with Crippen LogP contribution in [0.4, 0.5) is 10.5 Å². The van der Waals surface area contributed by atoms with E-state index in [-0.39, 0.29) is 17.5 Å². The van der Waals surface area contributed by atoms with Crippen LogP contribution in [0.15, 0.2) is 23.2 Å². The minimum absolute atomic E-state index is 0.0671. The van der Waals surface area contributed by atoms with Gasteiger partial charge in [0.15, 0.2) is 0 Å². The summed E-state index contributed by atoms with van der Waals surface area (Å²) in [6.07, 6.45) is 1.01. The molecule has 24 heavy (non-hydrogen) atoms. The molecule has 1 aromatic rings. The van der Waals surface area contributed by atoms with Gasteiger partial charge in [0.25, 0.3) is 5.91 Å². The zero-order valence-corrected chi connectivity index (χ0v) is 15.3. The number of nitrogens with one attached hydrogen (secondary N) is 1. The molecule has 0 saturated heterocycles. The van der Waals surface area contributed by atoms with Gasteiger partial charge in [0.1, 0.15) is 5.60 Å². The molecule has 0 bridgehead atoms. The van der Waals surface area contributed by atoms with E-state index in [1.165, 1.54) is 6.07 Å². The highest BCUT2D eigenvalue weighted by molar-refractivity contribution is 6.31. The van der Waals surface area contributed by atoms with Gasteiger partial charge < -0.3 is 15.8 Å². The van der Waals surface area contributed by atoms with Gasteiger partial charge in [0, 0.05) is 11.2 Å². The predicted octanol–water partition coefficient (Wildman–Crippen LogP) is 3.69. The highest BCUT2D eigenvalue weighted by Gasteiger charge is 2.20. The van der Waals surface area contributed by atoms with E-state index in [0.717, 1.165) is 0 Å². The van der Waals surface area contributed by atoms with Crippen molar-refractivity contribution in [1.29, 1.82) is 0 Å². The van der Waals surface area contributed by atoms with Gasteiger partial charge in [0.2, 0.25) is 0 Å². The second-order valence-electron chi connectivity index (χ2n) is 6.72. The Labute approximate surface area is 147 Å². The van der Waals surface area contributed by atoms with Crippen molar-refractivity contribution in [2.75, 3.05) is 0 Å². The number of primary amides is 1. The lowest BCUT2D eigenvalue weighted by molar-refractivity contribution is 0.0509. The number of aliphatic imine (C=N–C) groups is 1. The summed E-state index contributed by atoms with van der Waals surface area (Å²) in [4.78, 5) is 27.7. The molecule has 0 fully saturated rings. The summed E-state index contributed by atoms with van der Waals surface area (Å²) in [6, 6.07) is 4.26. The van der Waals surface area contributed by atoms with Crippen molar-refractivity contribution in [3.05, 3.63) is 28.8 Å². The Morgan fingerprint density at radius 1 is 1.33 bits per heavy atom. The Bertz CT molecular complexity index is 636. The van der Waals surface area contributed by atoms with Crippen LogP contribution in [0.5, 0.6) is 0 Å². The summed E-state index contributed by atoms with van der Waals surface area (Å²) in [5.74, 6) is -0.530. The summed E-state index contributed by atoms with van der Waals surface area (Å²) in [6.45, 7) is 9.23. The molecule has 0 aromatic heterocycles. The molecule has 0 aliphatic carbocycles. The highest BCUT2D eigenvalue weighted by Crippen LogP contribution is 2.23. The van der Waals surface area contributed by atoms with E-state index >= 15 is 0 Å². The Kier molecular flexibility index (Phi) is 6.78. The van der Waals surface area contributed by atoms with E-state index < -0.39 is 17.6 Å². The minimum Gasteiger partial charge on any atom is -0.444 e. The third kappa shape index (κ3) is 6.58. The van der Waals surface area contributed by atoms with Gasteiger partial charge >= 0.3 is 6.09 Å². The second-order valence-corrected chi connectivity index (χ2v) is 7.16. The molecule has 0 heterocycles. The van der Waals surface area contributed by atoms with Crippen LogP contribution in [0.2, 0.25) is 5.02 Å². The predicted molar refractivity (Wildman–Crippen MR) is 96.1 cm³/mol. The van der Waals surface area contributed by atoms with Crippen LogP contribution >= 0.6 is 11.6 Å². The number of carbonyl (C=O) groups excluding carboxylic acids is 2. The van der Waals surface area contributed by atoms with E-state index in [1.54, 1.807) is 39.1 Å². The molecule has 0 radical (unpaired) electrons. The van der Waals surface area contributed by atoms with Crippen molar-refractivity contribution >= 4 is 35.5 Å². The summed E-state index contributed by atoms with van der Waals surface area (Å²) in [5, 5.41) is 3.19. The molecule has 0 spiro atoms. The fourth-order valence-electron chi connectivity index (χ4n) is 1.80. The first-order valence-electron chi connectivity index (χ1n) is 7.62. The second kappa shape index (κ2) is 8.15. The lowest BCUT2D eigenvalue weighted by atomic mass is 10.1. The molecule has 6 nitrogen and oxygen atoms in total. The third-order valence-corrected chi connectivity index (χ3v) is 3.24. The van der Waals surface area contributed by atoms with Crippen molar-refractivity contribution in [2.45, 2.75) is 46.3 Å².